The summed E-state index contributed by atoms with van der Waals surface area (Å²) in [7, 11) is 0. The van der Waals surface area contributed by atoms with Crippen LogP contribution in [0.25, 0.3) is 0 Å². The first-order valence-corrected chi connectivity index (χ1v) is 4.73. The van der Waals surface area contributed by atoms with Crippen molar-refractivity contribution in [2.24, 2.45) is 5.92 Å². The van der Waals surface area contributed by atoms with E-state index in [0.717, 1.165) is 12.8 Å². The first-order chi connectivity index (χ1) is 6.59. The van der Waals surface area contributed by atoms with E-state index in [9.17, 15) is 15.0 Å². The average Bonchev–Trinajstić information content (AvgIpc) is 2.93. The Morgan fingerprint density at radius 1 is 1.36 bits per heavy atom. The number of phenols is 2. The number of phenolic OH excluding ortho intramolecular Hbond substituents is 2. The quantitative estimate of drug-likeness (QED) is 0.585. The second-order valence-electron chi connectivity index (χ2n) is 3.46. The van der Waals surface area contributed by atoms with Crippen LogP contribution < -0.4 is 0 Å². The van der Waals surface area contributed by atoms with E-state index in [1.54, 1.807) is 0 Å². The molecule has 0 atom stereocenters. The van der Waals surface area contributed by atoms with Crippen molar-refractivity contribution >= 4 is 17.4 Å². The Morgan fingerprint density at radius 3 is 2.57 bits per heavy atom. The number of rotatable bonds is 2. The van der Waals surface area contributed by atoms with Gasteiger partial charge in [-0.1, -0.05) is 11.6 Å². The third kappa shape index (κ3) is 1.55. The Balaban J connectivity index is 2.45. The SMILES string of the molecule is O=C(c1cc(O)cc(Cl)c1O)C1CC1. The molecule has 0 spiro atoms. The standard InChI is InChI=1S/C10H9ClO3/c11-8-4-6(12)3-7(10(8)14)9(13)5-1-2-5/h3-5,12,14H,1-2H2. The summed E-state index contributed by atoms with van der Waals surface area (Å²) >= 11 is 5.63. The summed E-state index contributed by atoms with van der Waals surface area (Å²) in [6.45, 7) is 0. The Bertz CT molecular complexity index is 397. The summed E-state index contributed by atoms with van der Waals surface area (Å²) in [5.74, 6) is -0.475. The highest BCUT2D eigenvalue weighted by Gasteiger charge is 2.32. The van der Waals surface area contributed by atoms with Crippen LogP contribution in [0.5, 0.6) is 11.5 Å². The molecule has 0 bridgehead atoms. The van der Waals surface area contributed by atoms with Gasteiger partial charge in [-0.05, 0) is 18.9 Å². The van der Waals surface area contributed by atoms with Gasteiger partial charge in [0.15, 0.2) is 5.78 Å². The van der Waals surface area contributed by atoms with Gasteiger partial charge in [-0.15, -0.1) is 0 Å². The van der Waals surface area contributed by atoms with Crippen LogP contribution >= 0.6 is 11.6 Å². The highest BCUT2D eigenvalue weighted by molar-refractivity contribution is 6.32. The molecule has 1 aromatic rings. The fraction of sp³-hybridized carbons (Fsp3) is 0.300. The highest BCUT2D eigenvalue weighted by atomic mass is 35.5. The molecule has 74 valence electrons. The average molecular weight is 213 g/mol. The van der Waals surface area contributed by atoms with E-state index in [4.69, 9.17) is 11.6 Å². The number of Topliss-reactive ketones (excluding diaryl/α,β-unsaturated/α-hetero) is 1. The molecule has 3 nitrogen and oxygen atoms in total. The van der Waals surface area contributed by atoms with Crippen molar-refractivity contribution in [2.75, 3.05) is 0 Å². The smallest absolute Gasteiger partial charge is 0.169 e. The van der Waals surface area contributed by atoms with Gasteiger partial charge in [-0.2, -0.15) is 0 Å². The van der Waals surface area contributed by atoms with Crippen LogP contribution in [0.15, 0.2) is 12.1 Å². The van der Waals surface area contributed by atoms with Crippen LogP contribution in [-0.2, 0) is 0 Å². The predicted molar refractivity (Wildman–Crippen MR) is 51.8 cm³/mol. The third-order valence-corrected chi connectivity index (χ3v) is 2.55. The molecular formula is C10H9ClO3. The van der Waals surface area contributed by atoms with Gasteiger partial charge in [0.25, 0.3) is 0 Å². The maximum absolute atomic E-state index is 11.6. The van der Waals surface area contributed by atoms with Gasteiger partial charge in [-0.25, -0.2) is 0 Å². The van der Waals surface area contributed by atoms with Crippen LogP contribution in [-0.4, -0.2) is 16.0 Å². The number of halogens is 1. The molecule has 1 aliphatic rings. The van der Waals surface area contributed by atoms with E-state index >= 15 is 0 Å². The zero-order valence-corrected chi connectivity index (χ0v) is 8.08. The molecule has 0 heterocycles. The normalized spacial score (nSPS) is 15.5. The Kier molecular flexibility index (Phi) is 2.11. The number of carbonyl (C=O) groups is 1. The van der Waals surface area contributed by atoms with E-state index < -0.39 is 0 Å². The van der Waals surface area contributed by atoms with Gasteiger partial charge in [0.1, 0.15) is 11.5 Å². The fourth-order valence-electron chi connectivity index (χ4n) is 1.34. The molecule has 0 unspecified atom stereocenters. The van der Waals surface area contributed by atoms with E-state index in [0.29, 0.717) is 0 Å². The van der Waals surface area contributed by atoms with Crippen molar-refractivity contribution in [1.82, 2.24) is 0 Å². The predicted octanol–water partition coefficient (Wildman–Crippen LogP) is 2.34. The van der Waals surface area contributed by atoms with Crippen molar-refractivity contribution in [2.45, 2.75) is 12.8 Å². The van der Waals surface area contributed by atoms with E-state index in [1.807, 2.05) is 0 Å². The van der Waals surface area contributed by atoms with Gasteiger partial charge in [-0.3, -0.25) is 4.79 Å². The minimum absolute atomic E-state index is 0.00114. The number of hydrogen-bond donors (Lipinski definition) is 2. The highest BCUT2D eigenvalue weighted by Crippen LogP contribution is 2.38. The van der Waals surface area contributed by atoms with Gasteiger partial charge >= 0.3 is 0 Å². The number of carbonyl (C=O) groups excluding carboxylic acids is 1. The minimum atomic E-state index is -0.235. The fourth-order valence-corrected chi connectivity index (χ4v) is 1.55. The maximum atomic E-state index is 11.6. The summed E-state index contributed by atoms with van der Waals surface area (Å²) in [5.41, 5.74) is 0.123. The molecule has 1 saturated carbocycles. The molecule has 0 aliphatic heterocycles. The van der Waals surface area contributed by atoms with E-state index in [2.05, 4.69) is 0 Å². The molecule has 0 aromatic heterocycles. The van der Waals surface area contributed by atoms with E-state index in [-0.39, 0.29) is 33.8 Å². The second-order valence-corrected chi connectivity index (χ2v) is 3.87. The summed E-state index contributed by atoms with van der Waals surface area (Å²) in [6, 6.07) is 2.46. The van der Waals surface area contributed by atoms with Gasteiger partial charge < -0.3 is 10.2 Å². The molecule has 2 N–H and O–H groups in total. The first-order valence-electron chi connectivity index (χ1n) is 4.35. The van der Waals surface area contributed by atoms with Gasteiger partial charge in [0, 0.05) is 12.0 Å². The zero-order chi connectivity index (χ0) is 10.3. The molecule has 14 heavy (non-hydrogen) atoms. The second kappa shape index (κ2) is 3.17. The minimum Gasteiger partial charge on any atom is -0.508 e. The first kappa shape index (κ1) is 9.34. The molecule has 1 aromatic carbocycles. The number of benzene rings is 1. The Morgan fingerprint density at radius 2 is 2.00 bits per heavy atom. The van der Waals surface area contributed by atoms with Gasteiger partial charge in [0.2, 0.25) is 0 Å². The molecular weight excluding hydrogens is 204 g/mol. The largest absolute Gasteiger partial charge is 0.508 e. The van der Waals surface area contributed by atoms with Crippen LogP contribution in [0.4, 0.5) is 0 Å². The molecule has 2 rings (SSSR count). The third-order valence-electron chi connectivity index (χ3n) is 2.26. The summed E-state index contributed by atoms with van der Waals surface area (Å²) in [4.78, 5) is 11.6. The molecule has 4 heteroatoms. The van der Waals surface area contributed by atoms with E-state index in [1.165, 1.54) is 12.1 Å². The maximum Gasteiger partial charge on any atom is 0.169 e. The lowest BCUT2D eigenvalue weighted by Gasteiger charge is -2.05. The summed E-state index contributed by atoms with van der Waals surface area (Å²) < 4.78 is 0. The zero-order valence-electron chi connectivity index (χ0n) is 7.33. The monoisotopic (exact) mass is 212 g/mol. The molecule has 0 radical (unpaired) electrons. The summed E-state index contributed by atoms with van der Waals surface area (Å²) in [6.07, 6.45) is 1.71. The Labute approximate surface area is 85.9 Å². The van der Waals surface area contributed by atoms with Crippen molar-refractivity contribution in [3.05, 3.63) is 22.7 Å². The van der Waals surface area contributed by atoms with Gasteiger partial charge in [0.05, 0.1) is 10.6 Å². The number of ketones is 1. The topological polar surface area (TPSA) is 57.5 Å². The van der Waals surface area contributed by atoms with Crippen LogP contribution in [0.2, 0.25) is 5.02 Å². The lowest BCUT2D eigenvalue weighted by Crippen LogP contribution is -2.01. The lowest BCUT2D eigenvalue weighted by atomic mass is 10.1. The number of hydrogen-bond acceptors (Lipinski definition) is 3. The van der Waals surface area contributed by atoms with Crippen molar-refractivity contribution in [3.8, 4) is 11.5 Å². The van der Waals surface area contributed by atoms with Crippen molar-refractivity contribution in [3.63, 3.8) is 0 Å². The molecule has 1 fully saturated rings. The molecule has 0 amide bonds. The van der Waals surface area contributed by atoms with Crippen LogP contribution in [0.3, 0.4) is 0 Å². The van der Waals surface area contributed by atoms with Crippen molar-refractivity contribution < 1.29 is 15.0 Å². The van der Waals surface area contributed by atoms with Crippen LogP contribution in [0, 0.1) is 5.92 Å². The summed E-state index contributed by atoms with van der Waals surface area (Å²) in [5, 5.41) is 18.7. The van der Waals surface area contributed by atoms with Crippen molar-refractivity contribution in [1.29, 1.82) is 0 Å². The number of aromatic hydroxyl groups is 2. The molecule has 0 saturated heterocycles. The Hall–Kier alpha value is -1.22. The van der Waals surface area contributed by atoms with Crippen LogP contribution in [0.1, 0.15) is 23.2 Å². The molecule has 1 aliphatic carbocycles. The lowest BCUT2D eigenvalue weighted by molar-refractivity contribution is 0.0964.